The van der Waals surface area contributed by atoms with E-state index in [1.165, 1.54) is 0 Å². The third-order valence-corrected chi connectivity index (χ3v) is 3.46. The van der Waals surface area contributed by atoms with Crippen molar-refractivity contribution in [2.75, 3.05) is 12.4 Å². The number of rotatable bonds is 6. The first-order chi connectivity index (χ1) is 10.7. The van der Waals surface area contributed by atoms with E-state index in [2.05, 4.69) is 5.32 Å². The van der Waals surface area contributed by atoms with Crippen LogP contribution in [0.25, 0.3) is 0 Å². The zero-order chi connectivity index (χ0) is 15.9. The van der Waals surface area contributed by atoms with Crippen molar-refractivity contribution in [2.45, 2.75) is 19.4 Å². The van der Waals surface area contributed by atoms with Gasteiger partial charge in [-0.25, -0.2) is 0 Å². The number of benzene rings is 2. The van der Waals surface area contributed by atoms with Gasteiger partial charge in [-0.1, -0.05) is 42.8 Å². The number of carbonyl (C=O) groups is 1. The smallest absolute Gasteiger partial charge is 0.265 e. The molecule has 0 unspecified atom stereocenters. The van der Waals surface area contributed by atoms with Crippen LogP contribution in [0.1, 0.15) is 13.3 Å². The largest absolute Gasteiger partial charge is 0.493 e. The van der Waals surface area contributed by atoms with Crippen LogP contribution in [0.4, 0.5) is 5.69 Å². The molecule has 0 aliphatic rings. The quantitative estimate of drug-likeness (QED) is 0.870. The molecule has 0 saturated heterocycles. The number of ether oxygens (including phenoxy) is 2. The fourth-order valence-electron chi connectivity index (χ4n) is 1.97. The van der Waals surface area contributed by atoms with E-state index in [9.17, 15) is 4.79 Å². The fourth-order valence-corrected chi connectivity index (χ4v) is 2.15. The van der Waals surface area contributed by atoms with E-state index in [4.69, 9.17) is 21.1 Å². The molecule has 2 aromatic carbocycles. The molecule has 2 rings (SSSR count). The Morgan fingerprint density at radius 3 is 2.41 bits per heavy atom. The first kappa shape index (κ1) is 16.2. The first-order valence-corrected chi connectivity index (χ1v) is 7.38. The molecule has 0 saturated carbocycles. The summed E-state index contributed by atoms with van der Waals surface area (Å²) in [4.78, 5) is 12.4. The molecule has 0 bridgehead atoms. The zero-order valence-electron chi connectivity index (χ0n) is 12.5. The maximum Gasteiger partial charge on any atom is 0.265 e. The van der Waals surface area contributed by atoms with E-state index < -0.39 is 6.10 Å². The minimum Gasteiger partial charge on any atom is -0.493 e. The molecule has 1 amide bonds. The number of nitrogens with one attached hydrogen (secondary N) is 1. The van der Waals surface area contributed by atoms with E-state index in [1.807, 2.05) is 25.1 Å². The summed E-state index contributed by atoms with van der Waals surface area (Å²) in [6.07, 6.45) is -0.110. The van der Waals surface area contributed by atoms with Gasteiger partial charge >= 0.3 is 0 Å². The lowest BCUT2D eigenvalue weighted by Gasteiger charge is -2.19. The van der Waals surface area contributed by atoms with Crippen molar-refractivity contribution < 1.29 is 14.3 Å². The number of amides is 1. The Balaban J connectivity index is 2.11. The average Bonchev–Trinajstić information content (AvgIpc) is 2.55. The fraction of sp³-hybridized carbons (Fsp3) is 0.235. The van der Waals surface area contributed by atoms with Crippen LogP contribution in [0.2, 0.25) is 5.02 Å². The molecule has 0 radical (unpaired) electrons. The second kappa shape index (κ2) is 7.71. The molecule has 22 heavy (non-hydrogen) atoms. The van der Waals surface area contributed by atoms with Crippen molar-refractivity contribution >= 4 is 23.2 Å². The third kappa shape index (κ3) is 3.92. The summed E-state index contributed by atoms with van der Waals surface area (Å²) < 4.78 is 11.0. The molecule has 4 nitrogen and oxygen atoms in total. The Morgan fingerprint density at radius 1 is 1.14 bits per heavy atom. The Bertz CT molecular complexity index is 645. The van der Waals surface area contributed by atoms with Gasteiger partial charge in [-0.15, -0.1) is 0 Å². The molecule has 0 spiro atoms. The number of anilines is 1. The van der Waals surface area contributed by atoms with Gasteiger partial charge in [-0.3, -0.25) is 4.79 Å². The molecule has 1 N–H and O–H groups in total. The second-order valence-electron chi connectivity index (χ2n) is 4.63. The lowest BCUT2D eigenvalue weighted by molar-refractivity contribution is -0.122. The van der Waals surface area contributed by atoms with Crippen molar-refractivity contribution in [1.29, 1.82) is 0 Å². The standard InChI is InChI=1S/C17H18ClNO3/c1-3-14(22-16-11-7-6-10-15(16)21-2)17(20)19-13-9-5-4-8-12(13)18/h4-11,14H,3H2,1-2H3,(H,19,20)/t14-/m0/s1. The minimum atomic E-state index is -0.632. The number of hydrogen-bond acceptors (Lipinski definition) is 3. The summed E-state index contributed by atoms with van der Waals surface area (Å²) in [6.45, 7) is 1.88. The van der Waals surface area contributed by atoms with Crippen LogP contribution in [0, 0.1) is 0 Å². The van der Waals surface area contributed by atoms with Crippen LogP contribution in [-0.4, -0.2) is 19.1 Å². The topological polar surface area (TPSA) is 47.6 Å². The van der Waals surface area contributed by atoms with Gasteiger partial charge in [0, 0.05) is 0 Å². The van der Waals surface area contributed by atoms with Gasteiger partial charge in [0.15, 0.2) is 17.6 Å². The number of para-hydroxylation sites is 3. The molecular weight excluding hydrogens is 302 g/mol. The van der Waals surface area contributed by atoms with Gasteiger partial charge in [0.25, 0.3) is 5.91 Å². The van der Waals surface area contributed by atoms with Crippen LogP contribution < -0.4 is 14.8 Å². The van der Waals surface area contributed by atoms with E-state index >= 15 is 0 Å². The molecule has 116 valence electrons. The number of carbonyl (C=O) groups excluding carboxylic acids is 1. The highest BCUT2D eigenvalue weighted by Gasteiger charge is 2.20. The molecule has 0 aliphatic heterocycles. The summed E-state index contributed by atoms with van der Waals surface area (Å²) in [5.74, 6) is 0.874. The predicted octanol–water partition coefficient (Wildman–Crippen LogP) is 4.14. The zero-order valence-corrected chi connectivity index (χ0v) is 13.3. The molecule has 2 aromatic rings. The Hall–Kier alpha value is -2.20. The highest BCUT2D eigenvalue weighted by atomic mass is 35.5. The Kier molecular flexibility index (Phi) is 5.67. The van der Waals surface area contributed by atoms with E-state index in [0.717, 1.165) is 0 Å². The summed E-state index contributed by atoms with van der Waals surface area (Å²) in [6, 6.07) is 14.3. The normalized spacial score (nSPS) is 11.6. The molecule has 0 aliphatic carbocycles. The number of methoxy groups -OCH3 is 1. The van der Waals surface area contributed by atoms with Crippen molar-refractivity contribution in [3.8, 4) is 11.5 Å². The van der Waals surface area contributed by atoms with Crippen LogP contribution in [-0.2, 0) is 4.79 Å². The van der Waals surface area contributed by atoms with E-state index in [1.54, 1.807) is 37.4 Å². The van der Waals surface area contributed by atoms with Crippen molar-refractivity contribution in [3.05, 3.63) is 53.6 Å². The van der Waals surface area contributed by atoms with Crippen LogP contribution in [0.5, 0.6) is 11.5 Å². The maximum absolute atomic E-state index is 12.4. The molecule has 5 heteroatoms. The minimum absolute atomic E-state index is 0.249. The second-order valence-corrected chi connectivity index (χ2v) is 5.04. The maximum atomic E-state index is 12.4. The lowest BCUT2D eigenvalue weighted by atomic mass is 10.2. The van der Waals surface area contributed by atoms with Crippen LogP contribution >= 0.6 is 11.6 Å². The van der Waals surface area contributed by atoms with Crippen molar-refractivity contribution in [1.82, 2.24) is 0 Å². The summed E-state index contributed by atoms with van der Waals surface area (Å²) in [5.41, 5.74) is 0.566. The third-order valence-electron chi connectivity index (χ3n) is 3.13. The van der Waals surface area contributed by atoms with Gasteiger partial charge in [0.05, 0.1) is 17.8 Å². The Morgan fingerprint density at radius 2 is 1.77 bits per heavy atom. The lowest BCUT2D eigenvalue weighted by Crippen LogP contribution is -2.32. The van der Waals surface area contributed by atoms with Crippen molar-refractivity contribution in [3.63, 3.8) is 0 Å². The van der Waals surface area contributed by atoms with E-state index in [-0.39, 0.29) is 5.91 Å². The molecule has 0 aromatic heterocycles. The number of hydrogen-bond donors (Lipinski definition) is 1. The summed E-state index contributed by atoms with van der Waals surface area (Å²) >= 11 is 6.05. The highest BCUT2D eigenvalue weighted by Crippen LogP contribution is 2.28. The summed E-state index contributed by atoms with van der Waals surface area (Å²) in [5, 5.41) is 3.27. The Labute approximate surface area is 135 Å². The molecule has 0 fully saturated rings. The van der Waals surface area contributed by atoms with Gasteiger partial charge < -0.3 is 14.8 Å². The molecule has 0 heterocycles. The van der Waals surface area contributed by atoms with Crippen LogP contribution in [0.15, 0.2) is 48.5 Å². The first-order valence-electron chi connectivity index (χ1n) is 7.00. The summed E-state index contributed by atoms with van der Waals surface area (Å²) in [7, 11) is 1.56. The highest BCUT2D eigenvalue weighted by molar-refractivity contribution is 6.33. The van der Waals surface area contributed by atoms with Gasteiger partial charge in [-0.05, 0) is 30.7 Å². The van der Waals surface area contributed by atoms with Gasteiger partial charge in [-0.2, -0.15) is 0 Å². The molecular formula is C17H18ClNO3. The van der Waals surface area contributed by atoms with Crippen molar-refractivity contribution in [2.24, 2.45) is 0 Å². The average molecular weight is 320 g/mol. The number of halogens is 1. The van der Waals surface area contributed by atoms with Gasteiger partial charge in [0.1, 0.15) is 0 Å². The molecule has 1 atom stereocenters. The SMILES string of the molecule is CC[C@H](Oc1ccccc1OC)C(=O)Nc1ccccc1Cl. The monoisotopic (exact) mass is 319 g/mol. The van der Waals surface area contributed by atoms with E-state index in [0.29, 0.717) is 28.6 Å². The van der Waals surface area contributed by atoms with Gasteiger partial charge in [0.2, 0.25) is 0 Å². The van der Waals surface area contributed by atoms with Crippen LogP contribution in [0.3, 0.4) is 0 Å². The predicted molar refractivity (Wildman–Crippen MR) is 87.8 cm³/mol.